The molecule has 0 bridgehead atoms. The van der Waals surface area contributed by atoms with Crippen LogP contribution in [0, 0.1) is 0 Å². The first kappa shape index (κ1) is 9.07. The van der Waals surface area contributed by atoms with Crippen molar-refractivity contribution >= 4 is 0 Å². The molecule has 0 fully saturated rings. The lowest BCUT2D eigenvalue weighted by atomic mass is 10.0. The smallest absolute Gasteiger partial charge is 0.119 e. The second-order valence-electron chi connectivity index (χ2n) is 2.91. The molecule has 2 N–H and O–H groups in total. The molecule has 0 aromatic heterocycles. The van der Waals surface area contributed by atoms with E-state index in [2.05, 4.69) is 13.0 Å². The predicted molar refractivity (Wildman–Crippen MR) is 50.5 cm³/mol. The van der Waals surface area contributed by atoms with E-state index in [0.717, 1.165) is 5.75 Å². The lowest BCUT2D eigenvalue weighted by Crippen LogP contribution is -2.08. The molecule has 1 aromatic rings. The standard InChI is InChI=1S/C10H15NO/c1-8(7-11)9-4-3-5-10(6-9)12-2/h3-6,8H,7,11H2,1-2H3/t8-/m0/s1. The van der Waals surface area contributed by atoms with Gasteiger partial charge in [-0.15, -0.1) is 0 Å². The minimum atomic E-state index is 0.403. The first-order chi connectivity index (χ1) is 5.77. The molecule has 66 valence electrons. The Balaban J connectivity index is 2.86. The molecule has 0 radical (unpaired) electrons. The molecule has 0 aliphatic heterocycles. The summed E-state index contributed by atoms with van der Waals surface area (Å²) in [7, 11) is 1.67. The van der Waals surface area contributed by atoms with Crippen molar-refractivity contribution in [2.24, 2.45) is 5.73 Å². The van der Waals surface area contributed by atoms with Gasteiger partial charge in [0.25, 0.3) is 0 Å². The molecule has 1 aromatic carbocycles. The van der Waals surface area contributed by atoms with E-state index in [0.29, 0.717) is 12.5 Å². The third kappa shape index (κ3) is 1.98. The first-order valence-electron chi connectivity index (χ1n) is 4.12. The van der Waals surface area contributed by atoms with Crippen molar-refractivity contribution in [3.8, 4) is 5.75 Å². The quantitative estimate of drug-likeness (QED) is 0.740. The summed E-state index contributed by atoms with van der Waals surface area (Å²) in [5.41, 5.74) is 6.79. The summed E-state index contributed by atoms with van der Waals surface area (Å²) in [4.78, 5) is 0. The van der Waals surface area contributed by atoms with Crippen LogP contribution in [-0.2, 0) is 0 Å². The lowest BCUT2D eigenvalue weighted by molar-refractivity contribution is 0.414. The highest BCUT2D eigenvalue weighted by Gasteiger charge is 2.02. The fourth-order valence-corrected chi connectivity index (χ4v) is 1.08. The summed E-state index contributed by atoms with van der Waals surface area (Å²) in [5.74, 6) is 1.30. The van der Waals surface area contributed by atoms with E-state index in [-0.39, 0.29) is 0 Å². The molecule has 0 aliphatic carbocycles. The number of ether oxygens (including phenoxy) is 1. The Hall–Kier alpha value is -1.02. The van der Waals surface area contributed by atoms with Gasteiger partial charge in [-0.3, -0.25) is 0 Å². The van der Waals surface area contributed by atoms with Crippen LogP contribution < -0.4 is 10.5 Å². The number of nitrogens with two attached hydrogens (primary N) is 1. The maximum atomic E-state index is 5.55. The van der Waals surface area contributed by atoms with E-state index < -0.39 is 0 Å². The summed E-state index contributed by atoms with van der Waals surface area (Å²) >= 11 is 0. The van der Waals surface area contributed by atoms with Crippen molar-refractivity contribution in [1.29, 1.82) is 0 Å². The van der Waals surface area contributed by atoms with Gasteiger partial charge in [-0.25, -0.2) is 0 Å². The van der Waals surface area contributed by atoms with E-state index in [9.17, 15) is 0 Å². The zero-order valence-corrected chi connectivity index (χ0v) is 7.58. The zero-order valence-electron chi connectivity index (χ0n) is 7.58. The summed E-state index contributed by atoms with van der Waals surface area (Å²) in [5, 5.41) is 0. The number of hydrogen-bond acceptors (Lipinski definition) is 2. The summed E-state index contributed by atoms with van der Waals surface area (Å²) < 4.78 is 5.11. The second kappa shape index (κ2) is 4.12. The highest BCUT2D eigenvalue weighted by molar-refractivity contribution is 5.30. The third-order valence-electron chi connectivity index (χ3n) is 2.02. The van der Waals surface area contributed by atoms with Gasteiger partial charge >= 0.3 is 0 Å². The Labute approximate surface area is 73.3 Å². The van der Waals surface area contributed by atoms with E-state index in [4.69, 9.17) is 10.5 Å². The van der Waals surface area contributed by atoms with Crippen molar-refractivity contribution < 1.29 is 4.74 Å². The first-order valence-corrected chi connectivity index (χ1v) is 4.12. The van der Waals surface area contributed by atoms with Gasteiger partial charge in [0, 0.05) is 0 Å². The van der Waals surface area contributed by atoms with Gasteiger partial charge < -0.3 is 10.5 Å². The normalized spacial score (nSPS) is 12.6. The average Bonchev–Trinajstić information content (AvgIpc) is 2.17. The molecule has 0 spiro atoms. The van der Waals surface area contributed by atoms with Gasteiger partial charge in [-0.2, -0.15) is 0 Å². The van der Waals surface area contributed by atoms with Crippen LogP contribution in [0.5, 0.6) is 5.75 Å². The largest absolute Gasteiger partial charge is 0.497 e. The number of hydrogen-bond donors (Lipinski definition) is 1. The van der Waals surface area contributed by atoms with Gasteiger partial charge in [-0.1, -0.05) is 19.1 Å². The van der Waals surface area contributed by atoms with Crippen LogP contribution >= 0.6 is 0 Å². The summed E-state index contributed by atoms with van der Waals surface area (Å²) in [6.07, 6.45) is 0. The van der Waals surface area contributed by atoms with Crippen molar-refractivity contribution in [2.75, 3.05) is 13.7 Å². The predicted octanol–water partition coefficient (Wildman–Crippen LogP) is 1.76. The molecule has 0 saturated carbocycles. The summed E-state index contributed by atoms with van der Waals surface area (Å²) in [6, 6.07) is 8.02. The molecular weight excluding hydrogens is 150 g/mol. The molecule has 12 heavy (non-hydrogen) atoms. The molecule has 2 nitrogen and oxygen atoms in total. The fourth-order valence-electron chi connectivity index (χ4n) is 1.08. The monoisotopic (exact) mass is 165 g/mol. The molecule has 1 atom stereocenters. The molecule has 0 aliphatic rings. The minimum absolute atomic E-state index is 0.403. The SMILES string of the molecule is COc1cccc([C@@H](C)CN)c1. The lowest BCUT2D eigenvalue weighted by Gasteiger charge is -2.09. The highest BCUT2D eigenvalue weighted by atomic mass is 16.5. The zero-order chi connectivity index (χ0) is 8.97. The Morgan fingerprint density at radius 2 is 2.25 bits per heavy atom. The van der Waals surface area contributed by atoms with Crippen molar-refractivity contribution in [1.82, 2.24) is 0 Å². The van der Waals surface area contributed by atoms with Crippen LogP contribution in [-0.4, -0.2) is 13.7 Å². The van der Waals surface area contributed by atoms with Crippen LogP contribution in [0.2, 0.25) is 0 Å². The van der Waals surface area contributed by atoms with E-state index in [1.807, 2.05) is 18.2 Å². The maximum Gasteiger partial charge on any atom is 0.119 e. The topological polar surface area (TPSA) is 35.2 Å². The van der Waals surface area contributed by atoms with Crippen molar-refractivity contribution in [3.63, 3.8) is 0 Å². The Morgan fingerprint density at radius 1 is 1.50 bits per heavy atom. The van der Waals surface area contributed by atoms with Crippen LogP contribution in [0.1, 0.15) is 18.4 Å². The number of benzene rings is 1. The molecule has 1 rings (SSSR count). The maximum absolute atomic E-state index is 5.55. The molecular formula is C10H15NO. The van der Waals surface area contributed by atoms with Crippen molar-refractivity contribution in [2.45, 2.75) is 12.8 Å². The molecule has 0 amide bonds. The summed E-state index contributed by atoms with van der Waals surface area (Å²) in [6.45, 7) is 2.78. The van der Waals surface area contributed by atoms with Gasteiger partial charge in [0.1, 0.15) is 5.75 Å². The highest BCUT2D eigenvalue weighted by Crippen LogP contribution is 2.19. The van der Waals surface area contributed by atoms with E-state index in [1.54, 1.807) is 7.11 Å². The van der Waals surface area contributed by atoms with Crippen molar-refractivity contribution in [3.05, 3.63) is 29.8 Å². The van der Waals surface area contributed by atoms with Crippen LogP contribution in [0.15, 0.2) is 24.3 Å². The van der Waals surface area contributed by atoms with Crippen LogP contribution in [0.4, 0.5) is 0 Å². The van der Waals surface area contributed by atoms with Gasteiger partial charge in [-0.05, 0) is 30.2 Å². The fraction of sp³-hybridized carbons (Fsp3) is 0.400. The Kier molecular flexibility index (Phi) is 3.11. The van der Waals surface area contributed by atoms with E-state index >= 15 is 0 Å². The van der Waals surface area contributed by atoms with Gasteiger partial charge in [0.05, 0.1) is 7.11 Å². The molecule has 0 heterocycles. The third-order valence-corrected chi connectivity index (χ3v) is 2.02. The average molecular weight is 165 g/mol. The minimum Gasteiger partial charge on any atom is -0.497 e. The molecule has 0 saturated heterocycles. The number of rotatable bonds is 3. The molecule has 0 unspecified atom stereocenters. The Bertz CT molecular complexity index is 247. The van der Waals surface area contributed by atoms with Gasteiger partial charge in [0.2, 0.25) is 0 Å². The number of methoxy groups -OCH3 is 1. The van der Waals surface area contributed by atoms with Crippen LogP contribution in [0.3, 0.4) is 0 Å². The Morgan fingerprint density at radius 3 is 2.83 bits per heavy atom. The second-order valence-corrected chi connectivity index (χ2v) is 2.91. The van der Waals surface area contributed by atoms with Crippen LogP contribution in [0.25, 0.3) is 0 Å². The van der Waals surface area contributed by atoms with E-state index in [1.165, 1.54) is 5.56 Å². The van der Waals surface area contributed by atoms with Gasteiger partial charge in [0.15, 0.2) is 0 Å². The molecule has 2 heteroatoms.